The van der Waals surface area contributed by atoms with Gasteiger partial charge in [-0.2, -0.15) is 23.5 Å². The maximum Gasteiger partial charge on any atom is 0.398 e. The number of anilines is 2. The molecule has 2 aromatic carbocycles. The predicted molar refractivity (Wildman–Crippen MR) is 149 cm³/mol. The molecule has 1 saturated heterocycles. The first-order chi connectivity index (χ1) is 20.3. The summed E-state index contributed by atoms with van der Waals surface area (Å²) in [7, 11) is 0. The second kappa shape index (κ2) is 10.9. The minimum Gasteiger partial charge on any atom is -0.382 e. The van der Waals surface area contributed by atoms with Gasteiger partial charge in [0, 0.05) is 30.8 Å². The highest BCUT2D eigenvalue weighted by Gasteiger charge is 2.54. The molecule has 42 heavy (non-hydrogen) atoms. The Morgan fingerprint density at radius 1 is 1.00 bits per heavy atom. The summed E-state index contributed by atoms with van der Waals surface area (Å²) in [4.78, 5) is 18.9. The maximum atomic E-state index is 14.6. The van der Waals surface area contributed by atoms with Gasteiger partial charge in [-0.15, -0.1) is 0 Å². The van der Waals surface area contributed by atoms with Gasteiger partial charge in [0.2, 0.25) is 0 Å². The third-order valence-electron chi connectivity index (χ3n) is 8.04. The van der Waals surface area contributed by atoms with Crippen LogP contribution in [0.5, 0.6) is 0 Å². The first kappa shape index (κ1) is 27.5. The van der Waals surface area contributed by atoms with Gasteiger partial charge in [0.15, 0.2) is 0 Å². The minimum atomic E-state index is -4.88. The summed E-state index contributed by atoms with van der Waals surface area (Å²) in [6, 6.07) is 21.7. The van der Waals surface area contributed by atoms with Crippen LogP contribution in [0.2, 0.25) is 0 Å². The molecule has 0 radical (unpaired) electrons. The van der Waals surface area contributed by atoms with Crippen LogP contribution in [0.3, 0.4) is 0 Å². The third-order valence-corrected chi connectivity index (χ3v) is 8.04. The number of carbonyl (C=O) groups is 1. The number of rotatable bonds is 5. The van der Waals surface area contributed by atoms with Crippen molar-refractivity contribution in [3.05, 3.63) is 107 Å². The van der Waals surface area contributed by atoms with Gasteiger partial charge in [0.1, 0.15) is 30.0 Å². The lowest BCUT2D eigenvalue weighted by atomic mass is 9.82. The molecule has 4 aromatic rings. The number of hydrogen-bond donors (Lipinski definition) is 2. The summed E-state index contributed by atoms with van der Waals surface area (Å²) in [5.74, 6) is -3.93. The van der Waals surface area contributed by atoms with E-state index in [9.17, 15) is 28.3 Å². The van der Waals surface area contributed by atoms with Crippen molar-refractivity contribution in [1.29, 1.82) is 5.26 Å². The lowest BCUT2D eigenvalue weighted by Crippen LogP contribution is -2.45. The number of nitriles is 1. The number of carbonyl (C=O) groups excluding carboxylic acids is 1. The fourth-order valence-corrected chi connectivity index (χ4v) is 6.05. The molecule has 11 heteroatoms. The van der Waals surface area contributed by atoms with E-state index in [2.05, 4.69) is 16.4 Å². The van der Waals surface area contributed by atoms with Crippen LogP contribution in [-0.4, -0.2) is 51.1 Å². The molecule has 214 valence electrons. The van der Waals surface area contributed by atoms with Gasteiger partial charge in [-0.1, -0.05) is 60.7 Å². The van der Waals surface area contributed by atoms with E-state index >= 15 is 0 Å². The van der Waals surface area contributed by atoms with Crippen LogP contribution in [0.4, 0.5) is 24.7 Å². The standard InChI is InChI=1S/C31H27F3N6O2/c32-31(33,34)25-24-26(20-11-13-39(14-12-20)23-15-19(16-35)17-36-18-23)38-40(29(24)37-30(42)28(25)41)27(21-7-3-1-4-8-21)22-9-5-2-6-10-22/h1-10,15,17-18,20,25,27-28,41H,11-14H2,(H,37,42). The SMILES string of the molecule is N#Cc1cncc(N2CCC(c3nn(C(c4ccccc4)c4ccccc4)c4c3C(C(F)(F)F)C(O)C(=O)N4)CC2)c1. The Labute approximate surface area is 240 Å². The number of pyridine rings is 1. The summed E-state index contributed by atoms with van der Waals surface area (Å²) in [5, 5.41) is 27.2. The first-order valence-corrected chi connectivity index (χ1v) is 13.6. The van der Waals surface area contributed by atoms with Gasteiger partial charge in [-0.3, -0.25) is 9.78 Å². The molecule has 1 fully saturated rings. The van der Waals surface area contributed by atoms with Crippen molar-refractivity contribution in [2.24, 2.45) is 0 Å². The summed E-state index contributed by atoms with van der Waals surface area (Å²) >= 11 is 0. The summed E-state index contributed by atoms with van der Waals surface area (Å²) < 4.78 is 45.2. The van der Waals surface area contributed by atoms with Crippen LogP contribution in [0.15, 0.2) is 79.1 Å². The number of aliphatic hydroxyl groups excluding tert-OH is 1. The second-order valence-corrected chi connectivity index (χ2v) is 10.6. The average molecular weight is 573 g/mol. The maximum absolute atomic E-state index is 14.6. The van der Waals surface area contributed by atoms with Gasteiger partial charge in [-0.25, -0.2) is 4.68 Å². The Bertz CT molecular complexity index is 1590. The smallest absolute Gasteiger partial charge is 0.382 e. The highest BCUT2D eigenvalue weighted by Crippen LogP contribution is 2.49. The van der Waals surface area contributed by atoms with Crippen LogP contribution >= 0.6 is 0 Å². The van der Waals surface area contributed by atoms with Gasteiger partial charge in [0.05, 0.1) is 23.1 Å². The Balaban J connectivity index is 1.46. The van der Waals surface area contributed by atoms with Gasteiger partial charge in [0.25, 0.3) is 5.91 Å². The van der Waals surface area contributed by atoms with Crippen molar-refractivity contribution in [2.75, 3.05) is 23.3 Å². The predicted octanol–water partition coefficient (Wildman–Crippen LogP) is 5.13. The molecule has 2 atom stereocenters. The molecule has 2 N–H and O–H groups in total. The van der Waals surface area contributed by atoms with E-state index in [1.807, 2.05) is 65.6 Å². The molecule has 0 aliphatic carbocycles. The van der Waals surface area contributed by atoms with E-state index in [4.69, 9.17) is 5.10 Å². The van der Waals surface area contributed by atoms with Crippen LogP contribution in [-0.2, 0) is 4.79 Å². The number of aromatic nitrogens is 3. The number of nitrogens with zero attached hydrogens (tertiary/aromatic N) is 5. The molecular formula is C31H27F3N6O2. The molecule has 4 heterocycles. The highest BCUT2D eigenvalue weighted by molar-refractivity contribution is 5.97. The van der Waals surface area contributed by atoms with Gasteiger partial charge < -0.3 is 15.3 Å². The number of halogens is 3. The van der Waals surface area contributed by atoms with E-state index in [1.165, 1.54) is 10.9 Å². The number of nitrogens with one attached hydrogen (secondary N) is 1. The lowest BCUT2D eigenvalue weighted by Gasteiger charge is -2.35. The molecule has 2 aromatic heterocycles. The topological polar surface area (TPSA) is 107 Å². The molecule has 2 aliphatic rings. The van der Waals surface area contributed by atoms with Crippen molar-refractivity contribution in [3.63, 3.8) is 0 Å². The Hall–Kier alpha value is -4.69. The zero-order valence-corrected chi connectivity index (χ0v) is 22.4. The van der Waals surface area contributed by atoms with Crippen molar-refractivity contribution >= 4 is 17.4 Å². The summed E-state index contributed by atoms with van der Waals surface area (Å²) in [6.07, 6.45) is -3.07. The zero-order valence-electron chi connectivity index (χ0n) is 22.4. The zero-order chi connectivity index (χ0) is 29.4. The number of fused-ring (bicyclic) bond motifs is 1. The minimum absolute atomic E-state index is 0.0475. The molecule has 2 aliphatic heterocycles. The summed E-state index contributed by atoms with van der Waals surface area (Å²) in [5.41, 5.74) is 2.80. The van der Waals surface area contributed by atoms with Crippen LogP contribution in [0.25, 0.3) is 0 Å². The van der Waals surface area contributed by atoms with Crippen LogP contribution < -0.4 is 10.2 Å². The molecule has 8 nitrogen and oxygen atoms in total. The third kappa shape index (κ3) is 4.99. The Kier molecular flexibility index (Phi) is 7.16. The molecule has 0 bridgehead atoms. The van der Waals surface area contributed by atoms with Crippen molar-refractivity contribution < 1.29 is 23.1 Å². The fourth-order valence-electron chi connectivity index (χ4n) is 6.05. The van der Waals surface area contributed by atoms with E-state index in [0.717, 1.165) is 16.8 Å². The monoisotopic (exact) mass is 572 g/mol. The van der Waals surface area contributed by atoms with Crippen molar-refractivity contribution in [2.45, 2.75) is 43.0 Å². The van der Waals surface area contributed by atoms with Crippen molar-refractivity contribution in [3.8, 4) is 6.07 Å². The first-order valence-electron chi connectivity index (χ1n) is 13.6. The molecule has 6 rings (SSSR count). The van der Waals surface area contributed by atoms with Gasteiger partial charge >= 0.3 is 6.18 Å². The van der Waals surface area contributed by atoms with E-state index in [1.54, 1.807) is 12.3 Å². The summed E-state index contributed by atoms with van der Waals surface area (Å²) in [6.45, 7) is 1.02. The normalized spacial score (nSPS) is 19.3. The largest absolute Gasteiger partial charge is 0.398 e. The van der Waals surface area contributed by atoms with E-state index in [0.29, 0.717) is 31.5 Å². The number of aliphatic hydroxyl groups is 1. The Morgan fingerprint density at radius 2 is 1.62 bits per heavy atom. The molecule has 0 spiro atoms. The molecule has 0 saturated carbocycles. The number of benzene rings is 2. The fraction of sp³-hybridized carbons (Fsp3) is 0.290. The van der Waals surface area contributed by atoms with Crippen molar-refractivity contribution in [1.82, 2.24) is 14.8 Å². The Morgan fingerprint density at radius 3 is 2.19 bits per heavy atom. The van der Waals surface area contributed by atoms with Crippen LogP contribution in [0, 0.1) is 11.3 Å². The number of hydrogen-bond acceptors (Lipinski definition) is 6. The quantitative estimate of drug-likeness (QED) is 0.344. The number of piperidine rings is 1. The number of alkyl halides is 3. The average Bonchev–Trinajstić information content (AvgIpc) is 3.36. The molecule has 1 amide bonds. The van der Waals surface area contributed by atoms with E-state index < -0.39 is 30.1 Å². The van der Waals surface area contributed by atoms with Gasteiger partial charge in [-0.05, 0) is 30.0 Å². The number of amides is 1. The molecular weight excluding hydrogens is 545 g/mol. The lowest BCUT2D eigenvalue weighted by molar-refractivity contribution is -0.177. The van der Waals surface area contributed by atoms with E-state index in [-0.39, 0.29) is 23.0 Å². The van der Waals surface area contributed by atoms with Crippen LogP contribution in [0.1, 0.15) is 58.7 Å². The second-order valence-electron chi connectivity index (χ2n) is 10.6. The molecule has 2 unspecified atom stereocenters. The highest BCUT2D eigenvalue weighted by atomic mass is 19.4.